The molecule has 0 aliphatic rings. The van der Waals surface area contributed by atoms with E-state index in [0.717, 1.165) is 5.69 Å². The first-order valence-electron chi connectivity index (χ1n) is 4.54. The first-order chi connectivity index (χ1) is 6.02. The molecule has 0 N–H and O–H groups in total. The van der Waals surface area contributed by atoms with E-state index in [1.165, 1.54) is 0 Å². The lowest BCUT2D eigenvalue weighted by molar-refractivity contribution is -0.0428. The summed E-state index contributed by atoms with van der Waals surface area (Å²) >= 11 is 0. The van der Waals surface area contributed by atoms with Crippen molar-refractivity contribution in [2.24, 2.45) is 13.0 Å². The zero-order valence-electron chi connectivity index (χ0n) is 9.03. The normalized spacial score (nSPS) is 16.2. The van der Waals surface area contributed by atoms with Crippen molar-refractivity contribution in [3.63, 3.8) is 0 Å². The van der Waals surface area contributed by atoms with Gasteiger partial charge in [-0.15, -0.1) is 0 Å². The van der Waals surface area contributed by atoms with Crippen LogP contribution in [0.2, 0.25) is 0 Å². The minimum atomic E-state index is -0.245. The van der Waals surface area contributed by atoms with Crippen LogP contribution in [0.4, 0.5) is 0 Å². The minimum Gasteiger partial charge on any atom is -0.372 e. The lowest BCUT2D eigenvalue weighted by Gasteiger charge is -2.32. The summed E-state index contributed by atoms with van der Waals surface area (Å²) in [4.78, 5) is 4.10. The van der Waals surface area contributed by atoms with E-state index < -0.39 is 0 Å². The molecule has 0 aromatic carbocycles. The average Bonchev–Trinajstić information content (AvgIpc) is 2.50. The average molecular weight is 182 g/mol. The number of imidazole rings is 1. The van der Waals surface area contributed by atoms with Crippen LogP contribution in [0.5, 0.6) is 0 Å². The van der Waals surface area contributed by atoms with E-state index in [1.807, 2.05) is 17.8 Å². The molecule has 0 radical (unpaired) electrons. The maximum atomic E-state index is 5.56. The molecule has 13 heavy (non-hydrogen) atoms. The summed E-state index contributed by atoms with van der Waals surface area (Å²) < 4.78 is 7.57. The lowest BCUT2D eigenvalue weighted by Crippen LogP contribution is -2.32. The second-order valence-electron chi connectivity index (χ2n) is 3.86. The number of aryl methyl sites for hydroxylation is 1. The highest BCUT2D eigenvalue weighted by atomic mass is 16.5. The number of ether oxygens (including phenoxy) is 1. The van der Waals surface area contributed by atoms with Crippen LogP contribution in [0.25, 0.3) is 0 Å². The van der Waals surface area contributed by atoms with Gasteiger partial charge in [-0.25, -0.2) is 4.98 Å². The summed E-state index contributed by atoms with van der Waals surface area (Å²) in [5, 5.41) is 0. The van der Waals surface area contributed by atoms with Crippen LogP contribution < -0.4 is 0 Å². The number of nitrogens with zero attached hydrogens (tertiary/aromatic N) is 2. The highest BCUT2D eigenvalue weighted by molar-refractivity contribution is 5.10. The number of hydrogen-bond acceptors (Lipinski definition) is 2. The van der Waals surface area contributed by atoms with Gasteiger partial charge in [0.25, 0.3) is 0 Å². The molecular weight excluding hydrogens is 164 g/mol. The van der Waals surface area contributed by atoms with Crippen molar-refractivity contribution in [3.8, 4) is 0 Å². The topological polar surface area (TPSA) is 27.1 Å². The fourth-order valence-electron chi connectivity index (χ4n) is 1.47. The molecule has 1 rings (SSSR count). The van der Waals surface area contributed by atoms with Crippen molar-refractivity contribution in [2.45, 2.75) is 26.4 Å². The summed E-state index contributed by atoms with van der Waals surface area (Å²) in [5.74, 6) is 0.424. The second kappa shape index (κ2) is 3.50. The zero-order valence-corrected chi connectivity index (χ0v) is 9.03. The highest BCUT2D eigenvalue weighted by Crippen LogP contribution is 2.31. The van der Waals surface area contributed by atoms with E-state index in [0.29, 0.717) is 5.92 Å². The first-order valence-corrected chi connectivity index (χ1v) is 4.54. The lowest BCUT2D eigenvalue weighted by atomic mass is 9.89. The van der Waals surface area contributed by atoms with Crippen molar-refractivity contribution in [1.82, 2.24) is 9.55 Å². The predicted molar refractivity (Wildman–Crippen MR) is 52.4 cm³/mol. The summed E-state index contributed by atoms with van der Waals surface area (Å²) in [6.45, 7) is 6.39. The van der Waals surface area contributed by atoms with E-state index in [-0.39, 0.29) is 5.60 Å². The Hall–Kier alpha value is -0.830. The van der Waals surface area contributed by atoms with Crippen molar-refractivity contribution in [2.75, 3.05) is 7.11 Å². The molecule has 0 bridgehead atoms. The van der Waals surface area contributed by atoms with Crippen LogP contribution in [0.15, 0.2) is 12.5 Å². The van der Waals surface area contributed by atoms with Crippen LogP contribution in [-0.4, -0.2) is 16.7 Å². The Labute approximate surface area is 79.7 Å². The van der Waals surface area contributed by atoms with Crippen LogP contribution in [0.3, 0.4) is 0 Å². The van der Waals surface area contributed by atoms with Gasteiger partial charge in [0.15, 0.2) is 0 Å². The van der Waals surface area contributed by atoms with Gasteiger partial charge in [-0.05, 0) is 12.8 Å². The van der Waals surface area contributed by atoms with Gasteiger partial charge in [-0.3, -0.25) is 0 Å². The molecule has 0 saturated carbocycles. The van der Waals surface area contributed by atoms with Gasteiger partial charge in [0.2, 0.25) is 0 Å². The molecule has 3 heteroatoms. The number of aromatic nitrogens is 2. The molecule has 74 valence electrons. The van der Waals surface area contributed by atoms with Gasteiger partial charge in [0.05, 0.1) is 18.2 Å². The second-order valence-corrected chi connectivity index (χ2v) is 3.86. The van der Waals surface area contributed by atoms with Gasteiger partial charge in [-0.1, -0.05) is 13.8 Å². The zero-order chi connectivity index (χ0) is 10.1. The Morgan fingerprint density at radius 3 is 2.46 bits per heavy atom. The van der Waals surface area contributed by atoms with E-state index in [4.69, 9.17) is 4.74 Å². The Kier molecular flexibility index (Phi) is 2.76. The largest absolute Gasteiger partial charge is 0.372 e. The quantitative estimate of drug-likeness (QED) is 0.714. The van der Waals surface area contributed by atoms with Crippen molar-refractivity contribution >= 4 is 0 Å². The molecule has 0 saturated heterocycles. The van der Waals surface area contributed by atoms with E-state index in [2.05, 4.69) is 25.8 Å². The molecule has 1 aromatic rings. The molecule has 0 aliphatic heterocycles. The molecule has 0 aliphatic carbocycles. The maximum absolute atomic E-state index is 5.56. The van der Waals surface area contributed by atoms with E-state index in [9.17, 15) is 0 Å². The third-order valence-corrected chi connectivity index (χ3v) is 2.85. The Morgan fingerprint density at radius 1 is 1.54 bits per heavy atom. The third-order valence-electron chi connectivity index (χ3n) is 2.85. The van der Waals surface area contributed by atoms with E-state index in [1.54, 1.807) is 13.4 Å². The number of methoxy groups -OCH3 is 1. The number of rotatable bonds is 3. The Balaban J connectivity index is 3.10. The smallest absolute Gasteiger partial charge is 0.109 e. The Bertz CT molecular complexity index is 280. The SMILES string of the molecule is COC(C)(c1cncn1C)C(C)C. The predicted octanol–water partition coefficient (Wildman–Crippen LogP) is 1.94. The molecule has 1 atom stereocenters. The summed E-state index contributed by atoms with van der Waals surface area (Å²) in [6, 6.07) is 0. The fraction of sp³-hybridized carbons (Fsp3) is 0.700. The van der Waals surface area contributed by atoms with Crippen LogP contribution in [0, 0.1) is 5.92 Å². The van der Waals surface area contributed by atoms with Gasteiger partial charge < -0.3 is 9.30 Å². The van der Waals surface area contributed by atoms with Crippen molar-refractivity contribution < 1.29 is 4.74 Å². The molecule has 1 aromatic heterocycles. The maximum Gasteiger partial charge on any atom is 0.109 e. The Morgan fingerprint density at radius 2 is 2.15 bits per heavy atom. The van der Waals surface area contributed by atoms with Crippen LogP contribution in [0.1, 0.15) is 26.5 Å². The van der Waals surface area contributed by atoms with Crippen LogP contribution in [-0.2, 0) is 17.4 Å². The van der Waals surface area contributed by atoms with Gasteiger partial charge in [0, 0.05) is 14.2 Å². The minimum absolute atomic E-state index is 0.245. The molecule has 1 unspecified atom stereocenters. The van der Waals surface area contributed by atoms with Gasteiger partial charge in [0.1, 0.15) is 5.60 Å². The molecular formula is C10H18N2O. The summed E-state index contributed by atoms with van der Waals surface area (Å²) in [7, 11) is 3.73. The molecule has 0 fully saturated rings. The molecule has 0 spiro atoms. The van der Waals surface area contributed by atoms with Crippen LogP contribution >= 0.6 is 0 Å². The van der Waals surface area contributed by atoms with Crippen molar-refractivity contribution in [1.29, 1.82) is 0 Å². The summed E-state index contributed by atoms with van der Waals surface area (Å²) in [5.41, 5.74) is 0.871. The van der Waals surface area contributed by atoms with Gasteiger partial charge in [-0.2, -0.15) is 0 Å². The molecule has 1 heterocycles. The third kappa shape index (κ3) is 1.61. The summed E-state index contributed by atoms with van der Waals surface area (Å²) in [6.07, 6.45) is 3.67. The van der Waals surface area contributed by atoms with Gasteiger partial charge >= 0.3 is 0 Å². The monoisotopic (exact) mass is 182 g/mol. The van der Waals surface area contributed by atoms with Crippen molar-refractivity contribution in [3.05, 3.63) is 18.2 Å². The number of hydrogen-bond donors (Lipinski definition) is 0. The highest BCUT2D eigenvalue weighted by Gasteiger charge is 2.32. The first kappa shape index (κ1) is 10.3. The molecule has 3 nitrogen and oxygen atoms in total. The standard InChI is InChI=1S/C10H18N2O/c1-8(2)10(3,13-5)9-6-11-7-12(9)4/h6-8H,1-5H3. The fourth-order valence-corrected chi connectivity index (χ4v) is 1.47. The van der Waals surface area contributed by atoms with E-state index >= 15 is 0 Å². The molecule has 0 amide bonds.